The first-order valence-electron chi connectivity index (χ1n) is 8.12. The van der Waals surface area contributed by atoms with Crippen LogP contribution in [0.2, 0.25) is 0 Å². The smallest absolute Gasteiger partial charge is 0.262 e. The third-order valence-corrected chi connectivity index (χ3v) is 5.13. The summed E-state index contributed by atoms with van der Waals surface area (Å²) >= 11 is 4.39. The number of ether oxygens (including phenoxy) is 1. The van der Waals surface area contributed by atoms with E-state index in [-0.39, 0.29) is 16.8 Å². The number of halogens is 1. The van der Waals surface area contributed by atoms with Crippen molar-refractivity contribution < 1.29 is 14.6 Å². The Labute approximate surface area is 173 Å². The number of hydrogen-bond acceptors (Lipinski definition) is 6. The van der Waals surface area contributed by atoms with Crippen molar-refractivity contribution in [3.8, 4) is 17.3 Å². The van der Waals surface area contributed by atoms with Gasteiger partial charge in [-0.3, -0.25) is 14.2 Å². The molecule has 2 aromatic carbocycles. The third-order valence-electron chi connectivity index (χ3n) is 3.67. The molecule has 0 fully saturated rings. The topological polar surface area (TPSA) is 93.4 Å². The summed E-state index contributed by atoms with van der Waals surface area (Å²) in [4.78, 5) is 28.6. The van der Waals surface area contributed by atoms with Crippen LogP contribution in [0, 0.1) is 0 Å². The maximum absolute atomic E-state index is 12.4. The van der Waals surface area contributed by atoms with E-state index in [0.29, 0.717) is 17.1 Å². The first kappa shape index (κ1) is 20.0. The van der Waals surface area contributed by atoms with E-state index in [1.54, 1.807) is 43.5 Å². The molecule has 0 bridgehead atoms. The fourth-order valence-electron chi connectivity index (χ4n) is 2.38. The normalized spacial score (nSPS) is 10.5. The Kier molecular flexibility index (Phi) is 6.37. The number of nitrogens with one attached hydrogen (secondary N) is 1. The molecular formula is C19H16BrN3O4S. The summed E-state index contributed by atoms with van der Waals surface area (Å²) in [7, 11) is 1.55. The van der Waals surface area contributed by atoms with Crippen LogP contribution >= 0.6 is 27.7 Å². The average Bonchev–Trinajstić information content (AvgIpc) is 2.68. The standard InChI is InChI=1S/C19H16BrN3O4S/c1-27-15-8-6-14(7-9-15)23-18(26)10-16(24)22-19(23)28-11-17(25)21-13-4-2-12(20)3-5-13/h2-10,24H,11H2,1H3,(H,21,25). The first-order valence-corrected chi connectivity index (χ1v) is 9.90. The number of aromatic hydroxyl groups is 1. The molecule has 0 spiro atoms. The van der Waals surface area contributed by atoms with Crippen molar-refractivity contribution in [3.05, 3.63) is 69.4 Å². The van der Waals surface area contributed by atoms with Gasteiger partial charge in [0.25, 0.3) is 5.56 Å². The summed E-state index contributed by atoms with van der Waals surface area (Å²) in [5.41, 5.74) is 0.757. The molecule has 0 atom stereocenters. The Balaban J connectivity index is 1.79. The van der Waals surface area contributed by atoms with Crippen LogP contribution in [0.3, 0.4) is 0 Å². The number of hydrogen-bond donors (Lipinski definition) is 2. The molecule has 0 radical (unpaired) electrons. The van der Waals surface area contributed by atoms with E-state index in [1.807, 2.05) is 12.1 Å². The molecule has 0 aliphatic heterocycles. The number of thioether (sulfide) groups is 1. The number of anilines is 1. The molecule has 1 aromatic heterocycles. The number of nitrogens with zero attached hydrogens (tertiary/aromatic N) is 2. The molecular weight excluding hydrogens is 446 g/mol. The van der Waals surface area contributed by atoms with Crippen molar-refractivity contribution in [3.63, 3.8) is 0 Å². The molecule has 144 valence electrons. The van der Waals surface area contributed by atoms with Crippen LogP contribution in [-0.4, -0.2) is 33.4 Å². The zero-order valence-corrected chi connectivity index (χ0v) is 17.2. The minimum atomic E-state index is -0.450. The lowest BCUT2D eigenvalue weighted by Crippen LogP contribution is -2.21. The third kappa shape index (κ3) is 4.93. The molecule has 2 N–H and O–H groups in total. The van der Waals surface area contributed by atoms with Gasteiger partial charge in [0.15, 0.2) is 5.16 Å². The van der Waals surface area contributed by atoms with Crippen LogP contribution in [-0.2, 0) is 4.79 Å². The second-order valence-electron chi connectivity index (χ2n) is 5.61. The second-order valence-corrected chi connectivity index (χ2v) is 7.47. The van der Waals surface area contributed by atoms with Crippen molar-refractivity contribution in [2.45, 2.75) is 5.16 Å². The Morgan fingerprint density at radius 2 is 1.89 bits per heavy atom. The van der Waals surface area contributed by atoms with E-state index in [2.05, 4.69) is 26.2 Å². The van der Waals surface area contributed by atoms with Gasteiger partial charge in [0, 0.05) is 10.2 Å². The van der Waals surface area contributed by atoms with Gasteiger partial charge in [0.2, 0.25) is 11.8 Å². The molecule has 9 heteroatoms. The molecule has 3 aromatic rings. The fourth-order valence-corrected chi connectivity index (χ4v) is 3.45. The molecule has 0 aliphatic rings. The van der Waals surface area contributed by atoms with Crippen LogP contribution in [0.5, 0.6) is 11.6 Å². The summed E-state index contributed by atoms with van der Waals surface area (Å²) in [5, 5.41) is 12.7. The Morgan fingerprint density at radius 3 is 2.54 bits per heavy atom. The summed E-state index contributed by atoms with van der Waals surface area (Å²) in [6.07, 6.45) is 0. The summed E-state index contributed by atoms with van der Waals surface area (Å²) in [6, 6.07) is 15.0. The number of benzene rings is 2. The van der Waals surface area contributed by atoms with Crippen molar-refractivity contribution in [2.24, 2.45) is 0 Å². The van der Waals surface area contributed by atoms with Gasteiger partial charge in [0.1, 0.15) is 5.75 Å². The summed E-state index contributed by atoms with van der Waals surface area (Å²) < 4.78 is 7.36. The van der Waals surface area contributed by atoms with Gasteiger partial charge >= 0.3 is 0 Å². The van der Waals surface area contributed by atoms with Crippen molar-refractivity contribution in [1.29, 1.82) is 0 Å². The highest BCUT2D eigenvalue weighted by Crippen LogP contribution is 2.22. The summed E-state index contributed by atoms with van der Waals surface area (Å²) in [5.74, 6) is 0.00523. The van der Waals surface area contributed by atoms with E-state index >= 15 is 0 Å². The van der Waals surface area contributed by atoms with Crippen LogP contribution in [0.25, 0.3) is 5.69 Å². The predicted molar refractivity (Wildman–Crippen MR) is 112 cm³/mol. The maximum Gasteiger partial charge on any atom is 0.262 e. The van der Waals surface area contributed by atoms with Crippen molar-refractivity contribution >= 4 is 39.3 Å². The zero-order chi connectivity index (χ0) is 20.1. The quantitative estimate of drug-likeness (QED) is 0.431. The van der Waals surface area contributed by atoms with Gasteiger partial charge < -0.3 is 15.2 Å². The van der Waals surface area contributed by atoms with Crippen molar-refractivity contribution in [2.75, 3.05) is 18.2 Å². The highest BCUT2D eigenvalue weighted by molar-refractivity contribution is 9.10. The van der Waals surface area contributed by atoms with Gasteiger partial charge in [-0.05, 0) is 48.5 Å². The fraction of sp³-hybridized carbons (Fsp3) is 0.105. The molecule has 0 saturated heterocycles. The van der Waals surface area contributed by atoms with Gasteiger partial charge in [0.05, 0.1) is 24.6 Å². The molecule has 1 amide bonds. The Hall–Kier alpha value is -2.78. The van der Waals surface area contributed by atoms with Gasteiger partial charge in [-0.25, -0.2) is 0 Å². The molecule has 3 rings (SSSR count). The minimum absolute atomic E-state index is 0.0160. The molecule has 7 nitrogen and oxygen atoms in total. The number of methoxy groups -OCH3 is 1. The lowest BCUT2D eigenvalue weighted by molar-refractivity contribution is -0.113. The second kappa shape index (κ2) is 8.94. The van der Waals surface area contributed by atoms with Gasteiger partial charge in [-0.1, -0.05) is 27.7 Å². The molecule has 0 unspecified atom stereocenters. The predicted octanol–water partition coefficient (Wildman–Crippen LogP) is 3.44. The Morgan fingerprint density at radius 1 is 1.21 bits per heavy atom. The maximum atomic E-state index is 12.4. The number of rotatable bonds is 6. The van der Waals surface area contributed by atoms with E-state index in [9.17, 15) is 14.7 Å². The Bertz CT molecular complexity index is 1040. The van der Waals surface area contributed by atoms with Crippen LogP contribution in [0.1, 0.15) is 0 Å². The molecule has 0 saturated carbocycles. The number of carbonyl (C=O) groups excluding carboxylic acids is 1. The van der Waals surface area contributed by atoms with E-state index in [1.165, 1.54) is 4.57 Å². The van der Waals surface area contributed by atoms with Crippen LogP contribution in [0.4, 0.5) is 5.69 Å². The van der Waals surface area contributed by atoms with E-state index < -0.39 is 11.4 Å². The number of amides is 1. The molecule has 0 aliphatic carbocycles. The molecule has 28 heavy (non-hydrogen) atoms. The first-order chi connectivity index (χ1) is 13.5. The zero-order valence-electron chi connectivity index (χ0n) is 14.8. The SMILES string of the molecule is COc1ccc(-n2c(SCC(=O)Nc3ccc(Br)cc3)nc(O)cc2=O)cc1. The number of carbonyl (C=O) groups is 1. The highest BCUT2D eigenvalue weighted by Gasteiger charge is 2.13. The monoisotopic (exact) mass is 461 g/mol. The lowest BCUT2D eigenvalue weighted by atomic mass is 10.3. The number of aromatic nitrogens is 2. The lowest BCUT2D eigenvalue weighted by Gasteiger charge is -2.12. The van der Waals surface area contributed by atoms with E-state index in [4.69, 9.17) is 4.74 Å². The van der Waals surface area contributed by atoms with Crippen LogP contribution < -0.4 is 15.6 Å². The van der Waals surface area contributed by atoms with E-state index in [0.717, 1.165) is 22.3 Å². The van der Waals surface area contributed by atoms with Crippen LogP contribution in [0.15, 0.2) is 69.0 Å². The van der Waals surface area contributed by atoms with Gasteiger partial charge in [-0.15, -0.1) is 0 Å². The average molecular weight is 462 g/mol. The van der Waals surface area contributed by atoms with Gasteiger partial charge in [-0.2, -0.15) is 4.98 Å². The highest BCUT2D eigenvalue weighted by atomic mass is 79.9. The largest absolute Gasteiger partial charge is 0.497 e. The summed E-state index contributed by atoms with van der Waals surface area (Å²) in [6.45, 7) is 0. The van der Waals surface area contributed by atoms with Crippen molar-refractivity contribution in [1.82, 2.24) is 9.55 Å². The minimum Gasteiger partial charge on any atom is -0.497 e. The molecule has 1 heterocycles.